The Morgan fingerprint density at radius 2 is 1.65 bits per heavy atom. The first-order valence-corrected chi connectivity index (χ1v) is 4.98. The van der Waals surface area contributed by atoms with Crippen LogP contribution < -0.4 is 5.73 Å². The number of hydrogen-bond acceptors (Lipinski definition) is 4. The molecule has 0 atom stereocenters. The van der Waals surface area contributed by atoms with Gasteiger partial charge >= 0.3 is 33.6 Å². The lowest BCUT2D eigenvalue weighted by atomic mass is 10.4. The molecule has 12 heteroatoms. The van der Waals surface area contributed by atoms with Crippen molar-refractivity contribution in [3.8, 4) is 0 Å². The minimum atomic E-state index is -6.15. The second kappa shape index (κ2) is 4.68. The molecule has 0 aliphatic rings. The number of alkyl halides is 6. The van der Waals surface area contributed by atoms with Gasteiger partial charge in [-0.15, -0.1) is 0 Å². The quantitative estimate of drug-likeness (QED) is 0.563. The highest BCUT2D eigenvalue weighted by Gasteiger charge is 2.54. The molecule has 2 N–H and O–H groups in total. The fourth-order valence-electron chi connectivity index (χ4n) is 0.416. The van der Waals surface area contributed by atoms with Gasteiger partial charge in [0.15, 0.2) is 0 Å². The van der Waals surface area contributed by atoms with Gasteiger partial charge in [0.25, 0.3) is 0 Å². The molecule has 0 aliphatic carbocycles. The average molecular weight is 289 g/mol. The maximum Gasteiger partial charge on any atom is 0.446 e. The molecule has 5 nitrogen and oxygen atoms in total. The lowest BCUT2D eigenvalue weighted by Crippen LogP contribution is -2.45. The first kappa shape index (κ1) is 16.0. The molecular weight excluding hydrogens is 284 g/mol. The van der Waals surface area contributed by atoms with Crippen molar-refractivity contribution in [1.29, 1.82) is 0 Å². The van der Waals surface area contributed by atoms with Gasteiger partial charge < -0.3 is 5.73 Å². The van der Waals surface area contributed by atoms with Gasteiger partial charge in [-0.3, -0.25) is 8.98 Å². The second-order valence-corrected chi connectivity index (χ2v) is 4.32. The summed E-state index contributed by atoms with van der Waals surface area (Å²) in [5, 5.41) is -5.29. The van der Waals surface area contributed by atoms with E-state index < -0.39 is 40.2 Å². The minimum absolute atomic E-state index is 2.53. The van der Waals surface area contributed by atoms with Crippen molar-refractivity contribution >= 4 is 16.0 Å². The molecule has 0 aliphatic heterocycles. The zero-order valence-corrected chi connectivity index (χ0v) is 8.49. The van der Waals surface area contributed by atoms with E-state index >= 15 is 0 Å². The molecule has 0 radical (unpaired) electrons. The van der Waals surface area contributed by atoms with Crippen LogP contribution in [0.1, 0.15) is 0 Å². The van der Waals surface area contributed by atoms with Gasteiger partial charge in [-0.25, -0.2) is 8.78 Å². The number of carbonyl (C=O) groups is 1. The Kier molecular flexibility index (Phi) is 4.39. The molecule has 1 amide bonds. The van der Waals surface area contributed by atoms with Crippen LogP contribution in [-0.2, 0) is 19.1 Å². The summed E-state index contributed by atoms with van der Waals surface area (Å²) in [5.41, 5.74) is 3.97. The van der Waals surface area contributed by atoms with Gasteiger partial charge in [0.2, 0.25) is 0 Å². The highest BCUT2D eigenvalue weighted by atomic mass is 32.2. The number of rotatable bonds is 6. The number of nitrogens with two attached hydrogens (primary N) is 1. The molecule has 0 aromatic rings. The molecular formula is C5H5F6NO4S. The van der Waals surface area contributed by atoms with Gasteiger partial charge in [0.1, 0.15) is 6.61 Å². The number of primary amides is 1. The Bertz CT molecular complexity index is 393. The van der Waals surface area contributed by atoms with Crippen LogP contribution in [0.4, 0.5) is 26.3 Å². The maximum atomic E-state index is 12.5. The summed E-state index contributed by atoms with van der Waals surface area (Å²) in [5.74, 6) is -7.64. The summed E-state index contributed by atoms with van der Waals surface area (Å²) in [4.78, 5) is 10.0. The molecule has 0 saturated heterocycles. The van der Waals surface area contributed by atoms with Crippen molar-refractivity contribution in [3.05, 3.63) is 0 Å². The van der Waals surface area contributed by atoms with Crippen LogP contribution >= 0.6 is 0 Å². The monoisotopic (exact) mass is 289 g/mol. The highest BCUT2D eigenvalue weighted by Crippen LogP contribution is 2.28. The zero-order chi connectivity index (χ0) is 14.1. The molecule has 0 saturated carbocycles. The molecule has 0 unspecified atom stereocenters. The van der Waals surface area contributed by atoms with E-state index in [-0.39, 0.29) is 0 Å². The van der Waals surface area contributed by atoms with Crippen molar-refractivity contribution < 1.29 is 43.7 Å². The van der Waals surface area contributed by atoms with Crippen molar-refractivity contribution in [1.82, 2.24) is 0 Å². The predicted octanol–water partition coefficient (Wildman–Crippen LogP) is 0.311. The standard InChI is InChI=1S/C5H5F6NO4S/c6-2(7)4(8,9)1-16-17(14,15)5(10,11)3(12)13/h2H,1H2,(H2,12,13). The van der Waals surface area contributed by atoms with E-state index in [0.717, 1.165) is 0 Å². The molecule has 0 rings (SSSR count). The third-order valence-corrected chi connectivity index (χ3v) is 2.58. The van der Waals surface area contributed by atoms with Gasteiger partial charge in [0, 0.05) is 0 Å². The lowest BCUT2D eigenvalue weighted by Gasteiger charge is -2.17. The van der Waals surface area contributed by atoms with E-state index in [0.29, 0.717) is 0 Å². The fraction of sp³-hybridized carbons (Fsp3) is 0.800. The molecule has 102 valence electrons. The van der Waals surface area contributed by atoms with E-state index in [1.165, 1.54) is 0 Å². The van der Waals surface area contributed by atoms with Crippen molar-refractivity contribution in [2.75, 3.05) is 6.61 Å². The largest absolute Gasteiger partial charge is 0.446 e. The minimum Gasteiger partial charge on any atom is -0.363 e. The predicted molar refractivity (Wildman–Crippen MR) is 40.0 cm³/mol. The van der Waals surface area contributed by atoms with Crippen LogP contribution in [0.3, 0.4) is 0 Å². The summed E-state index contributed by atoms with van der Waals surface area (Å²) < 4.78 is 96.4. The molecule has 0 heterocycles. The van der Waals surface area contributed by atoms with Crippen LogP contribution in [0.5, 0.6) is 0 Å². The number of hydrogen-bond donors (Lipinski definition) is 1. The van der Waals surface area contributed by atoms with Gasteiger partial charge in [0.05, 0.1) is 0 Å². The molecule has 0 spiro atoms. The van der Waals surface area contributed by atoms with Gasteiger partial charge in [-0.1, -0.05) is 0 Å². The average Bonchev–Trinajstić information content (AvgIpc) is 2.14. The molecule has 17 heavy (non-hydrogen) atoms. The van der Waals surface area contributed by atoms with Crippen molar-refractivity contribution in [3.63, 3.8) is 0 Å². The van der Waals surface area contributed by atoms with Crippen LogP contribution in [0.15, 0.2) is 0 Å². The van der Waals surface area contributed by atoms with Crippen LogP contribution in [0, 0.1) is 0 Å². The Balaban J connectivity index is 4.88. The first-order chi connectivity index (χ1) is 7.34. The Hall–Kier alpha value is -1.04. The third-order valence-electron chi connectivity index (χ3n) is 1.33. The number of carbonyl (C=O) groups excluding carboxylic acids is 1. The summed E-state index contributed by atoms with van der Waals surface area (Å²) >= 11 is 0. The Morgan fingerprint density at radius 3 is 1.94 bits per heavy atom. The normalized spacial score (nSPS) is 14.1. The summed E-state index contributed by atoms with van der Waals surface area (Å²) in [7, 11) is -6.15. The van der Waals surface area contributed by atoms with Crippen molar-refractivity contribution in [2.45, 2.75) is 17.6 Å². The zero-order valence-electron chi connectivity index (χ0n) is 7.67. The molecule has 0 bridgehead atoms. The van der Waals surface area contributed by atoms with E-state index in [9.17, 15) is 39.6 Å². The van der Waals surface area contributed by atoms with Crippen molar-refractivity contribution in [2.24, 2.45) is 5.73 Å². The van der Waals surface area contributed by atoms with Crippen LogP contribution in [0.25, 0.3) is 0 Å². The van der Waals surface area contributed by atoms with E-state index in [2.05, 4.69) is 9.92 Å². The Morgan fingerprint density at radius 1 is 1.24 bits per heavy atom. The lowest BCUT2D eigenvalue weighted by molar-refractivity contribution is -0.150. The highest BCUT2D eigenvalue weighted by molar-refractivity contribution is 7.88. The fourth-order valence-corrected chi connectivity index (χ4v) is 1.12. The van der Waals surface area contributed by atoms with Gasteiger partial charge in [-0.05, 0) is 0 Å². The first-order valence-electron chi connectivity index (χ1n) is 3.57. The van der Waals surface area contributed by atoms with E-state index in [4.69, 9.17) is 0 Å². The topological polar surface area (TPSA) is 86.5 Å². The summed E-state index contributed by atoms with van der Waals surface area (Å²) in [6.07, 6.45) is -4.32. The molecule has 0 fully saturated rings. The molecule has 0 aromatic carbocycles. The van der Waals surface area contributed by atoms with Gasteiger partial charge in [-0.2, -0.15) is 26.0 Å². The number of halogens is 6. The van der Waals surface area contributed by atoms with E-state index in [1.807, 2.05) is 0 Å². The van der Waals surface area contributed by atoms with Crippen LogP contribution in [0.2, 0.25) is 0 Å². The third kappa shape index (κ3) is 3.46. The SMILES string of the molecule is NC(=O)C(F)(F)S(=O)(=O)OCC(F)(F)C(F)F. The van der Waals surface area contributed by atoms with E-state index in [1.54, 1.807) is 0 Å². The summed E-state index contributed by atoms with van der Waals surface area (Å²) in [6.45, 7) is -2.53. The second-order valence-electron chi connectivity index (χ2n) is 2.66. The van der Waals surface area contributed by atoms with Crippen LogP contribution in [-0.4, -0.2) is 38.5 Å². The Labute approximate surface area is 90.6 Å². The molecule has 0 aromatic heterocycles. The smallest absolute Gasteiger partial charge is 0.363 e. The maximum absolute atomic E-state index is 12.5. The summed E-state index contributed by atoms with van der Waals surface area (Å²) in [6, 6.07) is 0. The number of amides is 1.